The van der Waals surface area contributed by atoms with Gasteiger partial charge >= 0.3 is 18.2 Å². The lowest BCUT2D eigenvalue weighted by Gasteiger charge is -2.52. The van der Waals surface area contributed by atoms with Gasteiger partial charge in [0.1, 0.15) is 0 Å². The highest BCUT2D eigenvalue weighted by Gasteiger charge is 2.53. The minimum absolute atomic E-state index is 0. The Morgan fingerprint density at radius 2 is 1.17 bits per heavy atom. The molecule has 388 valence electrons. The summed E-state index contributed by atoms with van der Waals surface area (Å²) in [6.45, 7) is 15.2. The van der Waals surface area contributed by atoms with E-state index in [-0.39, 0.29) is 31.0 Å². The van der Waals surface area contributed by atoms with Gasteiger partial charge in [0.2, 0.25) is 5.91 Å². The molecule has 0 radical (unpaired) electrons. The summed E-state index contributed by atoms with van der Waals surface area (Å²) in [5.41, 5.74) is 2.57. The maximum Gasteiger partial charge on any atom is 0.409 e. The number of rotatable bonds is 12. The fourth-order valence-electron chi connectivity index (χ4n) is 13.4. The number of carbonyl (C=O) groups excluding carboxylic acids is 3. The van der Waals surface area contributed by atoms with Crippen molar-refractivity contribution in [3.63, 3.8) is 0 Å². The summed E-state index contributed by atoms with van der Waals surface area (Å²) in [5.74, 6) is 1.07. The van der Waals surface area contributed by atoms with Crippen LogP contribution >= 0.6 is 12.4 Å². The number of ether oxygens (including phenoxy) is 2. The summed E-state index contributed by atoms with van der Waals surface area (Å²) in [5, 5.41) is 12.0. The number of nitrogens with zero attached hydrogens (tertiary/aromatic N) is 7. The summed E-state index contributed by atoms with van der Waals surface area (Å²) < 4.78 is 10.4. The summed E-state index contributed by atoms with van der Waals surface area (Å²) in [6, 6.07) is 14.1. The molecule has 3 amide bonds. The van der Waals surface area contributed by atoms with E-state index in [0.717, 1.165) is 101 Å². The zero-order valence-electron chi connectivity index (χ0n) is 42.2. The zero-order chi connectivity index (χ0) is 48.2. The normalized spacial score (nSPS) is 29.0. The van der Waals surface area contributed by atoms with E-state index in [1.807, 2.05) is 60.0 Å². The topological polar surface area (TPSA) is 161 Å². The molecule has 2 aromatic heterocycles. The number of hydrogen-bond donors (Lipinski definition) is 2. The molecule has 8 aliphatic rings. The lowest BCUT2D eigenvalue weighted by atomic mass is 9.64. The number of amides is 3. The van der Waals surface area contributed by atoms with Crippen LogP contribution in [0.5, 0.6) is 0 Å². The van der Waals surface area contributed by atoms with Crippen LogP contribution in [0.1, 0.15) is 128 Å². The number of carboxylic acid groups (broad SMARTS) is 1. The van der Waals surface area contributed by atoms with Crippen LogP contribution < -0.4 is 5.32 Å². The number of hydrogen-bond acceptors (Lipinski definition) is 11. The first-order chi connectivity index (χ1) is 33.5. The van der Waals surface area contributed by atoms with Gasteiger partial charge in [-0.3, -0.25) is 19.6 Å². The first kappa shape index (κ1) is 53.7. The number of halogens is 1. The molecule has 70 heavy (non-hydrogen) atoms. The zero-order valence-corrected chi connectivity index (χ0v) is 43.0. The van der Waals surface area contributed by atoms with Crippen LogP contribution in [-0.2, 0) is 31.9 Å². The maximum absolute atomic E-state index is 13.0. The van der Waals surface area contributed by atoms with E-state index in [1.165, 1.54) is 90.3 Å². The highest BCUT2D eigenvalue weighted by molar-refractivity contribution is 5.85. The molecule has 2 saturated carbocycles. The van der Waals surface area contributed by atoms with Gasteiger partial charge < -0.3 is 44.4 Å². The molecule has 2 N–H and O–H groups in total. The molecule has 0 aromatic carbocycles. The van der Waals surface area contributed by atoms with Gasteiger partial charge in [0, 0.05) is 93.5 Å². The molecule has 8 fully saturated rings. The quantitative estimate of drug-likeness (QED) is 0.214. The number of aromatic nitrogens is 2. The molecule has 10 rings (SSSR count). The van der Waals surface area contributed by atoms with Gasteiger partial charge in [-0.1, -0.05) is 12.1 Å². The summed E-state index contributed by atoms with van der Waals surface area (Å²) in [7, 11) is 0. The van der Waals surface area contributed by atoms with Crippen LogP contribution in [0.3, 0.4) is 0 Å². The van der Waals surface area contributed by atoms with Crippen LogP contribution in [0.25, 0.3) is 0 Å². The second-order valence-corrected chi connectivity index (χ2v) is 21.6. The number of pyridine rings is 2. The van der Waals surface area contributed by atoms with Crippen molar-refractivity contribution in [2.24, 2.45) is 22.7 Å². The predicted octanol–water partition coefficient (Wildman–Crippen LogP) is 7.71. The Hall–Kier alpha value is -4.05. The van der Waals surface area contributed by atoms with Gasteiger partial charge in [0.25, 0.3) is 0 Å². The number of aryl methyl sites for hydroxylation is 2. The maximum atomic E-state index is 13.0. The lowest BCUT2D eigenvalue weighted by Crippen LogP contribution is -2.55. The van der Waals surface area contributed by atoms with E-state index in [2.05, 4.69) is 30.0 Å². The third-order valence-electron chi connectivity index (χ3n) is 17.3. The van der Waals surface area contributed by atoms with Crippen LogP contribution in [0.15, 0.2) is 48.8 Å². The third-order valence-corrected chi connectivity index (χ3v) is 17.3. The average molecular weight is 992 g/mol. The largest absolute Gasteiger partial charge is 0.481 e. The average Bonchev–Trinajstić information content (AvgIpc) is 4.21. The molecular formula is C54H83ClN8O7. The molecule has 2 aliphatic carbocycles. The molecule has 15 nitrogen and oxygen atoms in total. The smallest absolute Gasteiger partial charge is 0.409 e. The summed E-state index contributed by atoms with van der Waals surface area (Å²) in [4.78, 5) is 67.0. The van der Waals surface area contributed by atoms with Crippen molar-refractivity contribution in [2.45, 2.75) is 154 Å². The van der Waals surface area contributed by atoms with Crippen LogP contribution in [0, 0.1) is 22.7 Å². The molecule has 6 aliphatic heterocycles. The van der Waals surface area contributed by atoms with E-state index in [9.17, 15) is 19.2 Å². The van der Waals surface area contributed by atoms with Crippen LogP contribution in [0.4, 0.5) is 9.59 Å². The summed E-state index contributed by atoms with van der Waals surface area (Å²) in [6.07, 6.45) is 22.7. The van der Waals surface area contributed by atoms with E-state index in [0.29, 0.717) is 60.8 Å². The summed E-state index contributed by atoms with van der Waals surface area (Å²) >= 11 is 0. The van der Waals surface area contributed by atoms with Crippen molar-refractivity contribution in [2.75, 3.05) is 78.7 Å². The molecular weight excluding hydrogens is 908 g/mol. The first-order valence-corrected chi connectivity index (χ1v) is 26.9. The minimum atomic E-state index is -0.782. The Labute approximate surface area is 423 Å². The van der Waals surface area contributed by atoms with Crippen molar-refractivity contribution < 1.29 is 33.8 Å². The fraction of sp³-hybridized carbons (Fsp3) is 0.741. The Bertz CT molecular complexity index is 1950. The Balaban J connectivity index is 0.000000174. The van der Waals surface area contributed by atoms with Gasteiger partial charge in [0.05, 0.1) is 19.6 Å². The number of carbonyl (C=O) groups is 4. The van der Waals surface area contributed by atoms with Crippen LogP contribution in [0.2, 0.25) is 0 Å². The molecule has 2 atom stereocenters. The van der Waals surface area contributed by atoms with Crippen molar-refractivity contribution in [1.29, 1.82) is 0 Å². The molecule has 8 heterocycles. The number of carboxylic acids is 1. The SMILES string of the molecule is CCOC(=O)N1CCC2(CC(N3CCC([C@@H]4CCCN4)CC3)C2)C1.CCOC(=O)N1CCC2(CC(N3CCC([C@@H]4CCCN4C(=O)CCc4ccccn4)CC3)C2)C1.Cl.O=C(O)CCc1ccccn1. The highest BCUT2D eigenvalue weighted by atomic mass is 35.5. The van der Waals surface area contributed by atoms with Gasteiger partial charge in [-0.15, -0.1) is 12.4 Å². The molecule has 0 bridgehead atoms. The Morgan fingerprint density at radius 1 is 0.657 bits per heavy atom. The van der Waals surface area contributed by atoms with Gasteiger partial charge in [-0.25, -0.2) is 9.59 Å². The lowest BCUT2D eigenvalue weighted by molar-refractivity contribution is -0.137. The monoisotopic (exact) mass is 991 g/mol. The van der Waals surface area contributed by atoms with Gasteiger partial charge in [-0.2, -0.15) is 0 Å². The van der Waals surface area contributed by atoms with Crippen molar-refractivity contribution in [3.05, 3.63) is 60.2 Å². The van der Waals surface area contributed by atoms with E-state index >= 15 is 0 Å². The van der Waals surface area contributed by atoms with Gasteiger partial charge in [-0.05, 0) is 190 Å². The van der Waals surface area contributed by atoms with E-state index < -0.39 is 5.97 Å². The predicted molar refractivity (Wildman–Crippen MR) is 272 cm³/mol. The number of piperidine rings is 2. The number of aliphatic carboxylic acids is 1. The van der Waals surface area contributed by atoms with E-state index in [4.69, 9.17) is 14.6 Å². The first-order valence-electron chi connectivity index (χ1n) is 26.9. The molecule has 6 saturated heterocycles. The van der Waals surface area contributed by atoms with E-state index in [1.54, 1.807) is 12.4 Å². The molecule has 2 spiro atoms. The van der Waals surface area contributed by atoms with Crippen molar-refractivity contribution in [1.82, 2.24) is 39.8 Å². The second kappa shape index (κ2) is 25.6. The van der Waals surface area contributed by atoms with Crippen molar-refractivity contribution in [3.8, 4) is 0 Å². The third kappa shape index (κ3) is 13.9. The number of nitrogens with one attached hydrogen (secondary N) is 1. The van der Waals surface area contributed by atoms with Crippen LogP contribution in [-0.4, -0.2) is 166 Å². The Kier molecular flexibility index (Phi) is 19.6. The highest BCUT2D eigenvalue weighted by Crippen LogP contribution is 2.52. The molecule has 16 heteroatoms. The second-order valence-electron chi connectivity index (χ2n) is 21.6. The number of likely N-dealkylation sites (tertiary alicyclic amines) is 5. The van der Waals surface area contributed by atoms with Gasteiger partial charge in [0.15, 0.2) is 0 Å². The fourth-order valence-corrected chi connectivity index (χ4v) is 13.4. The van der Waals surface area contributed by atoms with Crippen molar-refractivity contribution >= 4 is 36.5 Å². The molecule has 0 unspecified atom stereocenters. The Morgan fingerprint density at radius 3 is 1.63 bits per heavy atom. The standard InChI is InChI=1S/C27H40N4O3.C19H33N3O2.C8H9NO2.ClH/c1-2-34-26(33)30-17-12-27(20-30)18-23(19-27)29-15-10-21(11-16-29)24-7-5-14-31(24)25(32)9-8-22-6-3-4-13-28-22;1-2-24-18(23)22-11-7-19(14-22)12-16(13-19)21-9-5-15(6-10-21)17-4-3-8-20-17;10-8(11)5-4-7-3-1-2-6-9-7;/h3-4,6,13,21,23-24H,2,5,7-12,14-20H2,1H3;15-17,20H,2-14H2,1H3;1-3,6H,4-5H2,(H,10,11);1H/t23?,24-,27?;16?,17-,19?;;/m00../s1. The molecule has 2 aromatic rings. The minimum Gasteiger partial charge on any atom is -0.481 e.